The maximum Gasteiger partial charge on any atom is 0.319 e. The van der Waals surface area contributed by atoms with Crippen LogP contribution in [0.4, 0.5) is 10.5 Å². The molecule has 6 heteroatoms. The molecule has 3 N–H and O–H groups in total. The molecule has 1 aromatic rings. The third kappa shape index (κ3) is 2.56. The summed E-state index contributed by atoms with van der Waals surface area (Å²) < 4.78 is 10.9. The van der Waals surface area contributed by atoms with Gasteiger partial charge in [-0.2, -0.15) is 0 Å². The lowest BCUT2D eigenvalue weighted by Crippen LogP contribution is -2.45. The molecule has 19 heavy (non-hydrogen) atoms. The van der Waals surface area contributed by atoms with E-state index < -0.39 is 6.10 Å². The van der Waals surface area contributed by atoms with Crippen LogP contribution in [0.2, 0.25) is 0 Å². The summed E-state index contributed by atoms with van der Waals surface area (Å²) in [7, 11) is 0. The maximum atomic E-state index is 11.8. The van der Waals surface area contributed by atoms with Crippen LogP contribution in [0.3, 0.4) is 0 Å². The molecule has 2 aliphatic heterocycles. The third-order valence-corrected chi connectivity index (χ3v) is 3.38. The second kappa shape index (κ2) is 5.16. The first kappa shape index (κ1) is 12.4. The average molecular weight is 264 g/mol. The summed E-state index contributed by atoms with van der Waals surface area (Å²) in [5.41, 5.74) is 0.725. The number of urea groups is 1. The first-order valence-electron chi connectivity index (χ1n) is 6.28. The van der Waals surface area contributed by atoms with Gasteiger partial charge in [0.05, 0.1) is 19.3 Å². The minimum Gasteiger partial charge on any atom is -0.388 e. The van der Waals surface area contributed by atoms with E-state index in [4.69, 9.17) is 9.47 Å². The first-order chi connectivity index (χ1) is 9.24. The van der Waals surface area contributed by atoms with Crippen LogP contribution < -0.4 is 10.6 Å². The summed E-state index contributed by atoms with van der Waals surface area (Å²) in [6.45, 7) is 0.614. The molecule has 0 saturated carbocycles. The van der Waals surface area contributed by atoms with Gasteiger partial charge in [-0.05, 0) is 12.1 Å². The molecule has 0 unspecified atom stereocenters. The van der Waals surface area contributed by atoms with Crippen LogP contribution in [-0.2, 0) is 9.47 Å². The van der Waals surface area contributed by atoms with E-state index in [1.165, 1.54) is 0 Å². The van der Waals surface area contributed by atoms with Gasteiger partial charge in [-0.25, -0.2) is 4.79 Å². The Balaban J connectivity index is 1.56. The number of aliphatic hydroxyl groups is 1. The zero-order valence-electron chi connectivity index (χ0n) is 10.3. The number of nitrogens with one attached hydrogen (secondary N) is 2. The summed E-state index contributed by atoms with van der Waals surface area (Å²) in [5, 5.41) is 15.2. The van der Waals surface area contributed by atoms with Gasteiger partial charge in [0.1, 0.15) is 18.3 Å². The zero-order chi connectivity index (χ0) is 13.2. The quantitative estimate of drug-likeness (QED) is 0.719. The Labute approximate surface area is 110 Å². The Morgan fingerprint density at radius 1 is 1.16 bits per heavy atom. The molecule has 2 aliphatic rings. The SMILES string of the molecule is O=C(Nc1ccccc1)N[C@H]1CO[C@H]2[C@@H]1OC[C@H]2O. The topological polar surface area (TPSA) is 79.8 Å². The van der Waals surface area contributed by atoms with Crippen LogP contribution in [0.15, 0.2) is 30.3 Å². The second-order valence-corrected chi connectivity index (χ2v) is 4.73. The molecule has 102 valence electrons. The number of rotatable bonds is 2. The highest BCUT2D eigenvalue weighted by molar-refractivity contribution is 5.89. The predicted octanol–water partition coefficient (Wildman–Crippen LogP) is 0.335. The summed E-state index contributed by atoms with van der Waals surface area (Å²) in [6.07, 6.45) is -1.20. The summed E-state index contributed by atoms with van der Waals surface area (Å²) in [5.74, 6) is 0. The molecule has 2 fully saturated rings. The van der Waals surface area contributed by atoms with E-state index >= 15 is 0 Å². The summed E-state index contributed by atoms with van der Waals surface area (Å²) in [4.78, 5) is 11.8. The van der Waals surface area contributed by atoms with Crippen molar-refractivity contribution in [3.63, 3.8) is 0 Å². The molecule has 2 saturated heterocycles. The Morgan fingerprint density at radius 3 is 2.68 bits per heavy atom. The van der Waals surface area contributed by atoms with Crippen molar-refractivity contribution in [1.29, 1.82) is 0 Å². The van der Waals surface area contributed by atoms with E-state index in [-0.39, 0.29) is 30.9 Å². The number of fused-ring (bicyclic) bond motifs is 1. The predicted molar refractivity (Wildman–Crippen MR) is 67.9 cm³/mol. The van der Waals surface area contributed by atoms with Crippen molar-refractivity contribution < 1.29 is 19.4 Å². The van der Waals surface area contributed by atoms with Crippen LogP contribution in [0.5, 0.6) is 0 Å². The van der Waals surface area contributed by atoms with Gasteiger partial charge >= 0.3 is 6.03 Å². The van der Waals surface area contributed by atoms with Crippen LogP contribution >= 0.6 is 0 Å². The molecule has 1 aromatic carbocycles. The fraction of sp³-hybridized carbons (Fsp3) is 0.462. The van der Waals surface area contributed by atoms with Crippen molar-refractivity contribution in [2.24, 2.45) is 0 Å². The van der Waals surface area contributed by atoms with E-state index in [1.807, 2.05) is 30.3 Å². The molecule has 0 aliphatic carbocycles. The summed E-state index contributed by atoms with van der Waals surface area (Å²) in [6, 6.07) is 8.66. The maximum absolute atomic E-state index is 11.8. The number of carbonyl (C=O) groups is 1. The van der Waals surface area contributed by atoms with E-state index in [1.54, 1.807) is 0 Å². The van der Waals surface area contributed by atoms with E-state index in [2.05, 4.69) is 10.6 Å². The highest BCUT2D eigenvalue weighted by Gasteiger charge is 2.47. The third-order valence-electron chi connectivity index (χ3n) is 3.38. The van der Waals surface area contributed by atoms with Gasteiger partial charge < -0.3 is 25.2 Å². The number of hydrogen-bond acceptors (Lipinski definition) is 4. The summed E-state index contributed by atoms with van der Waals surface area (Å²) >= 11 is 0. The van der Waals surface area contributed by atoms with E-state index in [0.29, 0.717) is 6.61 Å². The number of hydrogen-bond donors (Lipinski definition) is 3. The van der Waals surface area contributed by atoms with Crippen molar-refractivity contribution in [3.8, 4) is 0 Å². The monoisotopic (exact) mass is 264 g/mol. The van der Waals surface area contributed by atoms with Crippen LogP contribution in [0.1, 0.15) is 0 Å². The number of carbonyl (C=O) groups excluding carboxylic acids is 1. The number of ether oxygens (including phenoxy) is 2. The largest absolute Gasteiger partial charge is 0.388 e. The highest BCUT2D eigenvalue weighted by atomic mass is 16.6. The number of amides is 2. The lowest BCUT2D eigenvalue weighted by Gasteiger charge is -2.17. The Bertz CT molecular complexity index is 453. The molecule has 3 rings (SSSR count). The van der Waals surface area contributed by atoms with Crippen LogP contribution in [-0.4, -0.2) is 48.7 Å². The number of para-hydroxylation sites is 1. The van der Waals surface area contributed by atoms with Gasteiger partial charge in [-0.15, -0.1) is 0 Å². The normalized spacial score (nSPS) is 32.9. The molecule has 0 bridgehead atoms. The Morgan fingerprint density at radius 2 is 1.89 bits per heavy atom. The van der Waals surface area contributed by atoms with Gasteiger partial charge in [0.15, 0.2) is 0 Å². The molecule has 0 spiro atoms. The van der Waals surface area contributed by atoms with Crippen LogP contribution in [0.25, 0.3) is 0 Å². The number of aliphatic hydroxyl groups excluding tert-OH is 1. The molecule has 0 radical (unpaired) electrons. The number of anilines is 1. The van der Waals surface area contributed by atoms with Gasteiger partial charge in [-0.1, -0.05) is 18.2 Å². The van der Waals surface area contributed by atoms with Crippen LogP contribution in [0, 0.1) is 0 Å². The van der Waals surface area contributed by atoms with Crippen molar-refractivity contribution in [2.45, 2.75) is 24.4 Å². The molecule has 2 amide bonds. The average Bonchev–Trinajstić information content (AvgIpc) is 2.96. The van der Waals surface area contributed by atoms with Gasteiger partial charge in [0.25, 0.3) is 0 Å². The second-order valence-electron chi connectivity index (χ2n) is 4.73. The van der Waals surface area contributed by atoms with Crippen molar-refractivity contribution >= 4 is 11.7 Å². The molecule has 4 atom stereocenters. The Hall–Kier alpha value is -1.63. The Kier molecular flexibility index (Phi) is 3.37. The van der Waals surface area contributed by atoms with Gasteiger partial charge in [0.2, 0.25) is 0 Å². The molecular weight excluding hydrogens is 248 g/mol. The minimum atomic E-state index is -0.603. The molecule has 6 nitrogen and oxygen atoms in total. The fourth-order valence-corrected chi connectivity index (χ4v) is 2.46. The van der Waals surface area contributed by atoms with E-state index in [0.717, 1.165) is 5.69 Å². The van der Waals surface area contributed by atoms with Gasteiger partial charge in [0, 0.05) is 5.69 Å². The zero-order valence-corrected chi connectivity index (χ0v) is 10.3. The van der Waals surface area contributed by atoms with Gasteiger partial charge in [-0.3, -0.25) is 0 Å². The lowest BCUT2D eigenvalue weighted by atomic mass is 10.1. The smallest absolute Gasteiger partial charge is 0.319 e. The number of benzene rings is 1. The lowest BCUT2D eigenvalue weighted by molar-refractivity contribution is 0.0180. The fourth-order valence-electron chi connectivity index (χ4n) is 2.46. The molecule has 2 heterocycles. The van der Waals surface area contributed by atoms with E-state index in [9.17, 15) is 9.90 Å². The standard InChI is InChI=1S/C13H16N2O4/c16-10-7-19-11-9(6-18-12(10)11)15-13(17)14-8-4-2-1-3-5-8/h1-5,9-12,16H,6-7H2,(H2,14,15,17)/t9-,10+,11+,12+/m0/s1. The highest BCUT2D eigenvalue weighted by Crippen LogP contribution is 2.26. The molecular formula is C13H16N2O4. The molecule has 0 aromatic heterocycles. The van der Waals surface area contributed by atoms with Crippen molar-refractivity contribution in [3.05, 3.63) is 30.3 Å². The first-order valence-corrected chi connectivity index (χ1v) is 6.28. The van der Waals surface area contributed by atoms with Crippen molar-refractivity contribution in [1.82, 2.24) is 5.32 Å². The minimum absolute atomic E-state index is 0.231. The van der Waals surface area contributed by atoms with Crippen molar-refractivity contribution in [2.75, 3.05) is 18.5 Å².